The monoisotopic (exact) mass is 236 g/mol. The third-order valence-corrected chi connectivity index (χ3v) is 4.86. The zero-order valence-electron chi connectivity index (χ0n) is 10.6. The van der Waals surface area contributed by atoms with E-state index >= 15 is 0 Å². The predicted octanol–water partition coefficient (Wildman–Crippen LogP) is 1.04. The van der Waals surface area contributed by atoms with Gasteiger partial charge in [0.2, 0.25) is 10.0 Å². The van der Waals surface area contributed by atoms with E-state index in [1.807, 2.05) is 27.7 Å². The Bertz CT molecular complexity index is 273. The van der Waals surface area contributed by atoms with Crippen molar-refractivity contribution in [3.8, 4) is 0 Å². The summed E-state index contributed by atoms with van der Waals surface area (Å²) in [5.41, 5.74) is 0. The third-order valence-electron chi connectivity index (χ3n) is 2.45. The van der Waals surface area contributed by atoms with Crippen LogP contribution in [-0.2, 0) is 10.0 Å². The molecule has 5 heteroatoms. The van der Waals surface area contributed by atoms with Crippen molar-refractivity contribution in [3.05, 3.63) is 0 Å². The minimum absolute atomic E-state index is 0.0106. The molecule has 0 saturated carbocycles. The Morgan fingerprint density at radius 1 is 1.13 bits per heavy atom. The summed E-state index contributed by atoms with van der Waals surface area (Å²) in [6.45, 7) is 10.00. The van der Waals surface area contributed by atoms with Gasteiger partial charge in [-0.25, -0.2) is 12.7 Å². The maximum Gasteiger partial charge on any atom is 0.217 e. The maximum atomic E-state index is 12.0. The van der Waals surface area contributed by atoms with Crippen molar-refractivity contribution in [2.24, 2.45) is 0 Å². The lowest BCUT2D eigenvalue weighted by Gasteiger charge is -2.25. The minimum atomic E-state index is -3.16. The molecule has 1 atom stereocenters. The average Bonchev–Trinajstić information content (AvgIpc) is 2.12. The fraction of sp³-hybridized carbons (Fsp3) is 1.00. The van der Waals surface area contributed by atoms with E-state index in [9.17, 15) is 8.42 Å². The molecule has 15 heavy (non-hydrogen) atoms. The standard InChI is InChI=1S/C10H24N2O2S/c1-8(2)11-7-10(5)15(13,14)12(6)9(3)4/h8-11H,7H2,1-6H3. The molecule has 0 aromatic heterocycles. The van der Waals surface area contributed by atoms with Gasteiger partial charge in [-0.2, -0.15) is 0 Å². The first-order valence-electron chi connectivity index (χ1n) is 5.39. The van der Waals surface area contributed by atoms with E-state index in [-0.39, 0.29) is 11.3 Å². The van der Waals surface area contributed by atoms with E-state index in [0.717, 1.165) is 0 Å². The highest BCUT2D eigenvalue weighted by Gasteiger charge is 2.27. The summed E-state index contributed by atoms with van der Waals surface area (Å²) in [5, 5.41) is 2.76. The van der Waals surface area contributed by atoms with Crippen molar-refractivity contribution in [1.82, 2.24) is 9.62 Å². The Morgan fingerprint density at radius 3 is 1.93 bits per heavy atom. The molecule has 0 spiro atoms. The van der Waals surface area contributed by atoms with Crippen LogP contribution < -0.4 is 5.32 Å². The van der Waals surface area contributed by atoms with Gasteiger partial charge in [0.15, 0.2) is 0 Å². The first-order valence-corrected chi connectivity index (χ1v) is 6.90. The Kier molecular flexibility index (Phi) is 5.77. The summed E-state index contributed by atoms with van der Waals surface area (Å²) in [6.07, 6.45) is 0. The molecule has 1 N–H and O–H groups in total. The summed E-state index contributed by atoms with van der Waals surface area (Å²) in [4.78, 5) is 0. The quantitative estimate of drug-likeness (QED) is 0.750. The van der Waals surface area contributed by atoms with Gasteiger partial charge in [0, 0.05) is 25.7 Å². The molecule has 0 aliphatic heterocycles. The van der Waals surface area contributed by atoms with E-state index in [1.165, 1.54) is 4.31 Å². The first-order chi connectivity index (χ1) is 6.69. The van der Waals surface area contributed by atoms with Crippen molar-refractivity contribution in [2.75, 3.05) is 13.6 Å². The number of hydrogen-bond donors (Lipinski definition) is 1. The zero-order chi connectivity index (χ0) is 12.2. The largest absolute Gasteiger partial charge is 0.313 e. The van der Waals surface area contributed by atoms with Crippen LogP contribution in [-0.4, -0.2) is 43.6 Å². The lowest BCUT2D eigenvalue weighted by Crippen LogP contribution is -2.44. The first kappa shape index (κ1) is 14.9. The van der Waals surface area contributed by atoms with Crippen LogP contribution in [0.3, 0.4) is 0 Å². The summed E-state index contributed by atoms with van der Waals surface area (Å²) in [7, 11) is -1.53. The molecule has 0 aromatic carbocycles. The fourth-order valence-corrected chi connectivity index (χ4v) is 2.55. The molecular formula is C10H24N2O2S. The highest BCUT2D eigenvalue weighted by atomic mass is 32.2. The minimum Gasteiger partial charge on any atom is -0.313 e. The van der Waals surface area contributed by atoms with E-state index in [0.29, 0.717) is 12.6 Å². The van der Waals surface area contributed by atoms with Crippen LogP contribution in [0.4, 0.5) is 0 Å². The van der Waals surface area contributed by atoms with Gasteiger partial charge in [-0.15, -0.1) is 0 Å². The topological polar surface area (TPSA) is 49.4 Å². The number of nitrogens with one attached hydrogen (secondary N) is 1. The SMILES string of the molecule is CC(C)NCC(C)S(=O)(=O)N(C)C(C)C. The van der Waals surface area contributed by atoms with Gasteiger partial charge in [0.25, 0.3) is 0 Å². The molecule has 4 nitrogen and oxygen atoms in total. The van der Waals surface area contributed by atoms with Crippen molar-refractivity contribution >= 4 is 10.0 Å². The van der Waals surface area contributed by atoms with E-state index < -0.39 is 10.0 Å². The Hall–Kier alpha value is -0.130. The summed E-state index contributed by atoms with van der Waals surface area (Å²) >= 11 is 0. The lowest BCUT2D eigenvalue weighted by molar-refractivity contribution is 0.401. The van der Waals surface area contributed by atoms with Crippen LogP contribution in [0.2, 0.25) is 0 Å². The summed E-state index contributed by atoms with van der Waals surface area (Å²) < 4.78 is 25.4. The number of rotatable bonds is 6. The van der Waals surface area contributed by atoms with Gasteiger partial charge in [0.1, 0.15) is 0 Å². The highest BCUT2D eigenvalue weighted by Crippen LogP contribution is 2.09. The van der Waals surface area contributed by atoms with Gasteiger partial charge in [0.05, 0.1) is 5.25 Å². The number of sulfonamides is 1. The van der Waals surface area contributed by atoms with Gasteiger partial charge in [-0.3, -0.25) is 0 Å². The van der Waals surface area contributed by atoms with Crippen LogP contribution in [0.15, 0.2) is 0 Å². The zero-order valence-corrected chi connectivity index (χ0v) is 11.4. The van der Waals surface area contributed by atoms with Crippen molar-refractivity contribution in [1.29, 1.82) is 0 Å². The Labute approximate surface area is 94.1 Å². The van der Waals surface area contributed by atoms with Crippen molar-refractivity contribution in [2.45, 2.75) is 52.0 Å². The number of nitrogens with zero attached hydrogens (tertiary/aromatic N) is 1. The summed E-state index contributed by atoms with van der Waals surface area (Å²) in [5.74, 6) is 0. The second-order valence-electron chi connectivity index (χ2n) is 4.53. The second-order valence-corrected chi connectivity index (χ2v) is 6.94. The second kappa shape index (κ2) is 5.82. The molecule has 0 aliphatic carbocycles. The summed E-state index contributed by atoms with van der Waals surface area (Å²) in [6, 6.07) is 0.323. The van der Waals surface area contributed by atoms with Gasteiger partial charge >= 0.3 is 0 Å². The number of hydrogen-bond acceptors (Lipinski definition) is 3. The third kappa shape index (κ3) is 4.49. The van der Waals surface area contributed by atoms with Crippen molar-refractivity contribution < 1.29 is 8.42 Å². The van der Waals surface area contributed by atoms with Gasteiger partial charge in [-0.05, 0) is 20.8 Å². The Morgan fingerprint density at radius 2 is 1.60 bits per heavy atom. The van der Waals surface area contributed by atoms with Crippen LogP contribution in [0.1, 0.15) is 34.6 Å². The maximum absolute atomic E-state index is 12.0. The molecule has 0 rings (SSSR count). The molecule has 0 aliphatic rings. The molecule has 92 valence electrons. The van der Waals surface area contributed by atoms with E-state index in [1.54, 1.807) is 14.0 Å². The van der Waals surface area contributed by atoms with Crippen LogP contribution >= 0.6 is 0 Å². The van der Waals surface area contributed by atoms with E-state index in [4.69, 9.17) is 0 Å². The van der Waals surface area contributed by atoms with Crippen LogP contribution in [0, 0.1) is 0 Å². The molecule has 0 bridgehead atoms. The normalized spacial score (nSPS) is 15.3. The molecule has 0 radical (unpaired) electrons. The fourth-order valence-electron chi connectivity index (χ4n) is 1.08. The van der Waals surface area contributed by atoms with Crippen LogP contribution in [0.25, 0.3) is 0 Å². The lowest BCUT2D eigenvalue weighted by atomic mass is 10.3. The molecule has 0 aromatic rings. The van der Waals surface area contributed by atoms with E-state index in [2.05, 4.69) is 5.32 Å². The van der Waals surface area contributed by atoms with Gasteiger partial charge in [-0.1, -0.05) is 13.8 Å². The molecule has 0 fully saturated rings. The molecule has 1 unspecified atom stereocenters. The molecule has 0 heterocycles. The highest BCUT2D eigenvalue weighted by molar-refractivity contribution is 7.89. The smallest absolute Gasteiger partial charge is 0.217 e. The van der Waals surface area contributed by atoms with Crippen molar-refractivity contribution in [3.63, 3.8) is 0 Å². The molecule has 0 saturated heterocycles. The van der Waals surface area contributed by atoms with Crippen LogP contribution in [0.5, 0.6) is 0 Å². The Balaban J connectivity index is 4.46. The molecule has 0 amide bonds. The average molecular weight is 236 g/mol. The molecular weight excluding hydrogens is 212 g/mol. The predicted molar refractivity (Wildman–Crippen MR) is 64.4 cm³/mol. The van der Waals surface area contributed by atoms with Gasteiger partial charge < -0.3 is 5.32 Å².